The highest BCUT2D eigenvalue weighted by atomic mass is 32.2. The lowest BCUT2D eigenvalue weighted by Crippen LogP contribution is -2.19. The summed E-state index contributed by atoms with van der Waals surface area (Å²) in [5, 5.41) is 1.90. The Balaban J connectivity index is 1.94. The van der Waals surface area contributed by atoms with Gasteiger partial charge in [0.15, 0.2) is 25.1 Å². The molecule has 0 unspecified atom stereocenters. The number of benzene rings is 1. The Hall–Kier alpha value is -2.30. The molecule has 0 aliphatic carbocycles. The first-order chi connectivity index (χ1) is 15.2. The number of hydrogen-bond acceptors (Lipinski definition) is 8. The van der Waals surface area contributed by atoms with Crippen molar-refractivity contribution in [3.05, 3.63) is 53.6 Å². The maximum Gasteiger partial charge on any atom is 0.251 e. The molecule has 0 saturated heterocycles. The summed E-state index contributed by atoms with van der Waals surface area (Å²) in [6, 6.07) is 5.51. The highest BCUT2D eigenvalue weighted by Crippen LogP contribution is 2.29. The lowest BCUT2D eigenvalue weighted by atomic mass is 10.2. The van der Waals surface area contributed by atoms with Crippen LogP contribution in [-0.4, -0.2) is 70.9 Å². The van der Waals surface area contributed by atoms with Gasteiger partial charge in [-0.05, 0) is 23.1 Å². The molecule has 0 N–H and O–H groups in total. The zero-order chi connectivity index (χ0) is 22.2. The van der Waals surface area contributed by atoms with E-state index in [2.05, 4.69) is 0 Å². The van der Waals surface area contributed by atoms with Crippen LogP contribution in [0.5, 0.6) is 11.5 Å². The number of ether oxygens (including phenoxy) is 6. The fourth-order valence-corrected chi connectivity index (χ4v) is 2.99. The van der Waals surface area contributed by atoms with Gasteiger partial charge in [-0.1, -0.05) is 24.3 Å². The number of nitrogens with zero attached hydrogens (tertiary/aromatic N) is 1. The first kappa shape index (κ1) is 25.0. The van der Waals surface area contributed by atoms with Crippen LogP contribution in [0.25, 0.3) is 6.08 Å². The van der Waals surface area contributed by atoms with E-state index in [1.807, 2.05) is 23.6 Å². The molecule has 31 heavy (non-hydrogen) atoms. The van der Waals surface area contributed by atoms with E-state index in [0.29, 0.717) is 43.8 Å². The van der Waals surface area contributed by atoms with E-state index in [1.54, 1.807) is 55.3 Å². The summed E-state index contributed by atoms with van der Waals surface area (Å²) >= 11 is 1.58. The van der Waals surface area contributed by atoms with E-state index in [-0.39, 0.29) is 19.5 Å². The van der Waals surface area contributed by atoms with Crippen LogP contribution >= 0.6 is 11.8 Å². The molecule has 1 amide bonds. The third-order valence-electron chi connectivity index (χ3n) is 3.90. The van der Waals surface area contributed by atoms with Gasteiger partial charge in [0.25, 0.3) is 5.91 Å². The molecule has 1 heterocycles. The van der Waals surface area contributed by atoms with Crippen LogP contribution in [-0.2, 0) is 23.7 Å². The number of thioether (sulfide) groups is 1. The third-order valence-corrected chi connectivity index (χ3v) is 4.64. The van der Waals surface area contributed by atoms with Crippen LogP contribution in [0.1, 0.15) is 5.56 Å². The molecular weight excluding hydrogens is 422 g/mol. The largest absolute Gasteiger partial charge is 0.464 e. The number of carbonyl (C=O) groups is 1. The monoisotopic (exact) mass is 451 g/mol. The van der Waals surface area contributed by atoms with Crippen LogP contribution in [0.3, 0.4) is 0 Å². The molecule has 9 heteroatoms. The summed E-state index contributed by atoms with van der Waals surface area (Å²) in [6.07, 6.45) is 8.69. The number of hydrogen-bond donors (Lipinski definition) is 0. The summed E-state index contributed by atoms with van der Waals surface area (Å²) in [5.41, 5.74) is 0.883. The normalized spacial score (nSPS) is 13.5. The Bertz CT molecular complexity index is 751. The Morgan fingerprint density at radius 3 is 2.35 bits per heavy atom. The second-order valence-corrected chi connectivity index (χ2v) is 7.00. The maximum absolute atomic E-state index is 12.0. The Morgan fingerprint density at radius 1 is 1.00 bits per heavy atom. The van der Waals surface area contributed by atoms with Gasteiger partial charge >= 0.3 is 0 Å². The summed E-state index contributed by atoms with van der Waals surface area (Å²) in [6.45, 7) is 1.98. The highest BCUT2D eigenvalue weighted by molar-refractivity contribution is 8.02. The quantitative estimate of drug-likeness (QED) is 0.174. The van der Waals surface area contributed by atoms with E-state index in [1.165, 1.54) is 6.08 Å². The van der Waals surface area contributed by atoms with E-state index >= 15 is 0 Å². The molecule has 1 aromatic carbocycles. The molecule has 0 radical (unpaired) electrons. The smallest absolute Gasteiger partial charge is 0.251 e. The van der Waals surface area contributed by atoms with Gasteiger partial charge in [-0.25, -0.2) is 0 Å². The summed E-state index contributed by atoms with van der Waals surface area (Å²) in [5.74, 6) is 1.65. The first-order valence-corrected chi connectivity index (χ1v) is 10.8. The van der Waals surface area contributed by atoms with Crippen molar-refractivity contribution in [2.24, 2.45) is 0 Å². The van der Waals surface area contributed by atoms with Crippen molar-refractivity contribution in [2.45, 2.75) is 0 Å². The number of carbonyl (C=O) groups excluding carboxylic acids is 1. The van der Waals surface area contributed by atoms with E-state index < -0.39 is 0 Å². The predicted octanol–water partition coefficient (Wildman–Crippen LogP) is 3.26. The van der Waals surface area contributed by atoms with Gasteiger partial charge in [-0.3, -0.25) is 4.79 Å². The van der Waals surface area contributed by atoms with Crippen LogP contribution in [0, 0.1) is 0 Å². The Labute approximate surface area is 187 Å². The van der Waals surface area contributed by atoms with Crippen LogP contribution in [0.4, 0.5) is 0 Å². The maximum atomic E-state index is 12.0. The van der Waals surface area contributed by atoms with Crippen molar-refractivity contribution < 1.29 is 33.2 Å². The second kappa shape index (κ2) is 15.5. The minimum absolute atomic E-state index is 0.0552. The number of methoxy groups -OCH3 is 2. The molecule has 0 atom stereocenters. The van der Waals surface area contributed by atoms with Gasteiger partial charge in [-0.2, -0.15) is 0 Å². The second-order valence-electron chi connectivity index (χ2n) is 6.14. The van der Waals surface area contributed by atoms with Crippen LogP contribution in [0.15, 0.2) is 48.0 Å². The van der Waals surface area contributed by atoms with Crippen LogP contribution in [0.2, 0.25) is 0 Å². The van der Waals surface area contributed by atoms with Gasteiger partial charge < -0.3 is 33.3 Å². The molecule has 2 rings (SSSR count). The van der Waals surface area contributed by atoms with Crippen molar-refractivity contribution in [2.75, 3.05) is 60.1 Å². The molecule has 0 bridgehead atoms. The molecule has 8 nitrogen and oxygen atoms in total. The number of rotatable bonds is 15. The van der Waals surface area contributed by atoms with Gasteiger partial charge in [0, 0.05) is 26.5 Å². The lowest BCUT2D eigenvalue weighted by Gasteiger charge is -2.14. The van der Waals surface area contributed by atoms with Crippen molar-refractivity contribution in [1.82, 2.24) is 4.90 Å². The highest BCUT2D eigenvalue weighted by Gasteiger charge is 2.10. The molecule has 0 spiro atoms. The molecule has 0 fully saturated rings. The molecule has 1 aliphatic rings. The Morgan fingerprint density at radius 2 is 1.71 bits per heavy atom. The van der Waals surface area contributed by atoms with Gasteiger partial charge in [0.2, 0.25) is 0 Å². The summed E-state index contributed by atoms with van der Waals surface area (Å²) in [4.78, 5) is 13.6. The van der Waals surface area contributed by atoms with E-state index in [9.17, 15) is 4.79 Å². The van der Waals surface area contributed by atoms with Crippen LogP contribution < -0.4 is 9.47 Å². The van der Waals surface area contributed by atoms with Crippen molar-refractivity contribution in [1.29, 1.82) is 0 Å². The molecule has 0 aromatic heterocycles. The van der Waals surface area contributed by atoms with E-state index in [4.69, 9.17) is 28.4 Å². The minimum Gasteiger partial charge on any atom is -0.464 e. The zero-order valence-corrected chi connectivity index (χ0v) is 18.7. The van der Waals surface area contributed by atoms with E-state index in [0.717, 1.165) is 5.56 Å². The van der Waals surface area contributed by atoms with Gasteiger partial charge in [-0.15, -0.1) is 11.8 Å². The van der Waals surface area contributed by atoms with Crippen molar-refractivity contribution in [3.63, 3.8) is 0 Å². The fraction of sp³-hybridized carbons (Fsp3) is 0.409. The zero-order valence-electron chi connectivity index (χ0n) is 17.9. The SMILES string of the molecule is COCCOCOc1ccc(C=CC=CC(=O)N2C=CSC2)cc1OCOCCOC. The van der Waals surface area contributed by atoms with Crippen molar-refractivity contribution in [3.8, 4) is 11.5 Å². The van der Waals surface area contributed by atoms with Gasteiger partial charge in [0.1, 0.15) is 0 Å². The fourth-order valence-electron chi connectivity index (χ4n) is 2.29. The molecular formula is C22H29NO7S. The Kier molecular flexibility index (Phi) is 12.5. The molecule has 0 saturated carbocycles. The van der Waals surface area contributed by atoms with Crippen molar-refractivity contribution >= 4 is 23.7 Å². The predicted molar refractivity (Wildman–Crippen MR) is 120 cm³/mol. The standard InChI is InChI=1S/C22H29NO7S/c1-25-10-12-27-17-29-20-8-7-19(15-21(20)30-18-28-13-11-26-2)5-3-4-6-22(24)23-9-14-31-16-23/h3-9,14-15H,10-13,16-18H2,1-2H3. The molecule has 1 aromatic rings. The van der Waals surface area contributed by atoms with Gasteiger partial charge in [0.05, 0.1) is 32.3 Å². The number of amides is 1. The average Bonchev–Trinajstić information content (AvgIpc) is 3.32. The summed E-state index contributed by atoms with van der Waals surface area (Å²) in [7, 11) is 3.22. The summed E-state index contributed by atoms with van der Waals surface area (Å²) < 4.78 is 32.0. The minimum atomic E-state index is -0.0552. The first-order valence-electron chi connectivity index (χ1n) is 9.71. The number of allylic oxidation sites excluding steroid dienone is 2. The third kappa shape index (κ3) is 10.0. The lowest BCUT2D eigenvalue weighted by molar-refractivity contribution is -0.122. The average molecular weight is 452 g/mol. The topological polar surface area (TPSA) is 75.7 Å². The molecule has 1 aliphatic heterocycles. The molecule has 170 valence electrons.